The van der Waals surface area contributed by atoms with Gasteiger partial charge in [0, 0.05) is 11.3 Å². The van der Waals surface area contributed by atoms with Gasteiger partial charge in [-0.2, -0.15) is 10.2 Å². The minimum absolute atomic E-state index is 0.153. The Morgan fingerprint density at radius 3 is 2.31 bits per heavy atom. The molecule has 0 saturated carbocycles. The maximum absolute atomic E-state index is 11.4. The Labute approximate surface area is 191 Å². The highest BCUT2D eigenvalue weighted by molar-refractivity contribution is 7.90. The lowest BCUT2D eigenvalue weighted by atomic mass is 10.2. The number of carboxylic acids is 1. The Kier molecular flexibility index (Phi) is 8.49. The topological polar surface area (TPSA) is 153 Å². The van der Waals surface area contributed by atoms with E-state index in [0.29, 0.717) is 5.02 Å². The summed E-state index contributed by atoms with van der Waals surface area (Å²) in [6.45, 7) is 0. The molecule has 0 saturated heterocycles. The fourth-order valence-corrected chi connectivity index (χ4v) is 2.91. The van der Waals surface area contributed by atoms with Gasteiger partial charge in [0.1, 0.15) is 11.3 Å². The van der Waals surface area contributed by atoms with Gasteiger partial charge in [0.05, 0.1) is 16.8 Å². The van der Waals surface area contributed by atoms with Gasteiger partial charge in [-0.3, -0.25) is 4.89 Å². The summed E-state index contributed by atoms with van der Waals surface area (Å²) >= 11 is 11.5. The van der Waals surface area contributed by atoms with Crippen LogP contribution in [0.2, 0.25) is 10.0 Å². The lowest BCUT2D eigenvalue weighted by molar-refractivity contribution is -0.182. The van der Waals surface area contributed by atoms with Crippen molar-refractivity contribution in [3.05, 3.63) is 75.9 Å². The molecule has 0 bridgehead atoms. The molecule has 2 aromatic carbocycles. The van der Waals surface area contributed by atoms with Crippen LogP contribution in [0.25, 0.3) is 0 Å². The second-order valence-corrected chi connectivity index (χ2v) is 8.62. The summed E-state index contributed by atoms with van der Waals surface area (Å²) in [5, 5.41) is 17.2. The third-order valence-electron chi connectivity index (χ3n) is 3.48. The van der Waals surface area contributed by atoms with Crippen molar-refractivity contribution >= 4 is 45.0 Å². The van der Waals surface area contributed by atoms with Gasteiger partial charge in [0.25, 0.3) is 0 Å². The fourth-order valence-electron chi connectivity index (χ4n) is 2.05. The van der Waals surface area contributed by atoms with Crippen molar-refractivity contribution in [1.29, 1.82) is 0 Å². The zero-order valence-electron chi connectivity index (χ0n) is 16.1. The fraction of sp³-hybridized carbons (Fsp3) is 0.0526. The highest BCUT2D eigenvalue weighted by Crippen LogP contribution is 2.30. The second kappa shape index (κ2) is 10.9. The normalized spacial score (nSPS) is 10.5. The quantitative estimate of drug-likeness (QED) is 0.298. The van der Waals surface area contributed by atoms with E-state index in [-0.39, 0.29) is 21.9 Å². The molecule has 10 nitrogen and oxygen atoms in total. The molecule has 0 fully saturated rings. The molecule has 0 amide bonds. The molecule has 0 atom stereocenters. The van der Waals surface area contributed by atoms with Crippen LogP contribution >= 0.6 is 23.2 Å². The molecule has 0 aliphatic carbocycles. The van der Waals surface area contributed by atoms with Gasteiger partial charge in [-0.05, 0) is 30.3 Å². The maximum atomic E-state index is 11.4. The van der Waals surface area contributed by atoms with Gasteiger partial charge >= 0.3 is 11.9 Å². The molecule has 168 valence electrons. The number of carbonyl (C=O) groups excluding carboxylic acids is 1. The van der Waals surface area contributed by atoms with Crippen LogP contribution in [0.3, 0.4) is 0 Å². The highest BCUT2D eigenvalue weighted by atomic mass is 35.5. The number of ether oxygens (including phenoxy) is 1. The van der Waals surface area contributed by atoms with E-state index in [1.807, 2.05) is 0 Å². The molecule has 13 heteroatoms. The SMILES string of the molecule is CS(=O)(=O)c1ncc(C(=O)O)c(Oc2ccccc2Cl)n1.O=C(OO)c1cccc(Cl)c1. The van der Waals surface area contributed by atoms with E-state index in [9.17, 15) is 18.0 Å². The standard InChI is InChI=1S/C12H9ClN2O5S.C7H5ClO3/c1-21(18,19)12-14-6-7(11(16)17)10(15-12)20-9-5-3-2-4-8(9)13;8-6-3-1-2-5(4-6)7(9)11-10/h2-6H,1H3,(H,16,17);1-4,10H. The van der Waals surface area contributed by atoms with E-state index in [0.717, 1.165) is 12.5 Å². The number of nitrogens with zero attached hydrogens (tertiary/aromatic N) is 2. The van der Waals surface area contributed by atoms with Crippen molar-refractivity contribution in [2.75, 3.05) is 6.26 Å². The number of hydrogen-bond acceptors (Lipinski definition) is 9. The monoisotopic (exact) mass is 500 g/mol. The third kappa shape index (κ3) is 6.89. The molecule has 1 aromatic heterocycles. The van der Waals surface area contributed by atoms with Crippen LogP contribution in [0.1, 0.15) is 20.7 Å². The van der Waals surface area contributed by atoms with Crippen molar-refractivity contribution in [2.45, 2.75) is 5.16 Å². The van der Waals surface area contributed by atoms with E-state index >= 15 is 0 Å². The summed E-state index contributed by atoms with van der Waals surface area (Å²) in [6.07, 6.45) is 1.78. The number of rotatable bonds is 5. The molecule has 0 spiro atoms. The van der Waals surface area contributed by atoms with Crippen LogP contribution < -0.4 is 4.74 Å². The Balaban J connectivity index is 0.000000278. The molecule has 32 heavy (non-hydrogen) atoms. The number of aromatic nitrogens is 2. The van der Waals surface area contributed by atoms with E-state index < -0.39 is 32.8 Å². The van der Waals surface area contributed by atoms with Crippen LogP contribution in [0.4, 0.5) is 0 Å². The van der Waals surface area contributed by atoms with Crippen LogP contribution in [0, 0.1) is 0 Å². The highest BCUT2D eigenvalue weighted by Gasteiger charge is 2.20. The van der Waals surface area contributed by atoms with Crippen molar-refractivity contribution in [2.24, 2.45) is 0 Å². The van der Waals surface area contributed by atoms with Crippen molar-refractivity contribution < 1.29 is 38.0 Å². The summed E-state index contributed by atoms with van der Waals surface area (Å²) < 4.78 is 28.2. The first-order chi connectivity index (χ1) is 15.0. The van der Waals surface area contributed by atoms with Crippen LogP contribution in [0.5, 0.6) is 11.6 Å². The Hall–Kier alpha value is -3.25. The number of halogens is 2. The smallest absolute Gasteiger partial charge is 0.372 e. The van der Waals surface area contributed by atoms with E-state index in [1.165, 1.54) is 24.3 Å². The number of carboxylic acid groups (broad SMARTS) is 1. The molecule has 0 radical (unpaired) electrons. The van der Waals surface area contributed by atoms with Crippen molar-refractivity contribution in [3.63, 3.8) is 0 Å². The average molecular weight is 501 g/mol. The number of sulfone groups is 1. The lowest BCUT2D eigenvalue weighted by Gasteiger charge is -2.09. The Bertz CT molecular complexity index is 1250. The van der Waals surface area contributed by atoms with E-state index in [2.05, 4.69) is 14.9 Å². The van der Waals surface area contributed by atoms with Crippen molar-refractivity contribution in [1.82, 2.24) is 9.97 Å². The first kappa shape index (κ1) is 25.0. The van der Waals surface area contributed by atoms with E-state index in [1.54, 1.807) is 24.3 Å². The lowest BCUT2D eigenvalue weighted by Crippen LogP contribution is -2.09. The van der Waals surface area contributed by atoms with Crippen LogP contribution in [-0.4, -0.2) is 46.9 Å². The molecule has 2 N–H and O–H groups in total. The summed E-state index contributed by atoms with van der Waals surface area (Å²) in [5.41, 5.74) is -0.151. The molecule has 3 aromatic rings. The molecular formula is C19H14Cl2N2O8S. The van der Waals surface area contributed by atoms with Gasteiger partial charge < -0.3 is 9.84 Å². The summed E-state index contributed by atoms with van der Waals surface area (Å²) in [5.74, 6) is -2.41. The number of benzene rings is 2. The largest absolute Gasteiger partial charge is 0.477 e. The first-order valence-electron chi connectivity index (χ1n) is 8.37. The van der Waals surface area contributed by atoms with E-state index in [4.69, 9.17) is 38.3 Å². The minimum atomic E-state index is -3.70. The maximum Gasteiger partial charge on any atom is 0.372 e. The molecule has 0 aliphatic heterocycles. The van der Waals surface area contributed by atoms with Crippen molar-refractivity contribution in [3.8, 4) is 11.6 Å². The predicted octanol–water partition coefficient (Wildman–Crippen LogP) is 3.99. The molecule has 0 unspecified atom stereocenters. The predicted molar refractivity (Wildman–Crippen MR) is 113 cm³/mol. The Morgan fingerprint density at radius 1 is 1.06 bits per heavy atom. The first-order valence-corrected chi connectivity index (χ1v) is 11.0. The molecule has 1 heterocycles. The van der Waals surface area contributed by atoms with Gasteiger partial charge in [0.15, 0.2) is 0 Å². The number of carbonyl (C=O) groups is 2. The number of aromatic carboxylic acids is 1. The molecular weight excluding hydrogens is 487 g/mol. The summed E-state index contributed by atoms with van der Waals surface area (Å²) in [6, 6.07) is 12.4. The second-order valence-electron chi connectivity index (χ2n) is 5.87. The summed E-state index contributed by atoms with van der Waals surface area (Å²) in [4.78, 5) is 32.4. The summed E-state index contributed by atoms with van der Waals surface area (Å²) in [7, 11) is -3.70. The molecule has 3 rings (SSSR count). The number of hydrogen-bond donors (Lipinski definition) is 2. The Morgan fingerprint density at radius 2 is 1.75 bits per heavy atom. The van der Waals surface area contributed by atoms with Crippen LogP contribution in [0.15, 0.2) is 59.9 Å². The minimum Gasteiger partial charge on any atom is -0.477 e. The zero-order chi connectivity index (χ0) is 23.9. The third-order valence-corrected chi connectivity index (χ3v) is 4.89. The average Bonchev–Trinajstić information content (AvgIpc) is 2.74. The molecule has 0 aliphatic rings. The van der Waals surface area contributed by atoms with Gasteiger partial charge in [-0.25, -0.2) is 23.0 Å². The van der Waals surface area contributed by atoms with Gasteiger partial charge in [0.2, 0.25) is 20.9 Å². The van der Waals surface area contributed by atoms with Gasteiger partial charge in [-0.15, -0.1) is 0 Å². The van der Waals surface area contributed by atoms with Crippen LogP contribution in [-0.2, 0) is 14.7 Å². The number of para-hydroxylation sites is 1. The zero-order valence-corrected chi connectivity index (χ0v) is 18.4. The van der Waals surface area contributed by atoms with Gasteiger partial charge in [-0.1, -0.05) is 41.4 Å².